The van der Waals surface area contributed by atoms with Gasteiger partial charge in [0.1, 0.15) is 11.7 Å². The highest BCUT2D eigenvalue weighted by atomic mass is 32.2. The maximum atomic E-state index is 16.1. The third kappa shape index (κ3) is 6.83. The number of hydrogen-bond acceptors (Lipinski definition) is 6. The predicted molar refractivity (Wildman–Crippen MR) is 305 cm³/mol. The van der Waals surface area contributed by atoms with Crippen LogP contribution >= 0.6 is 47.0 Å². The van der Waals surface area contributed by atoms with Crippen molar-refractivity contribution in [1.82, 2.24) is 5.32 Å². The molecular weight excluding hydrogens is 1180 g/mol. The SMILES string of the molecule is CC1(C)C(/C=C2\NC(=NC(=O)C3=CC4=C5C(=C6C=C(c7ccccc7)SC6(C)C4(C)S3)C(F)(F)C(F)(F)C5(F)F)C(C)(C)C2(C)C)=NC(=NC(=O)C2=CC3=C4C(=C5C=C(c6ccccc6)SC5(C)C3(C)S2)C(F)(F)C(F)(F)C4(F)F)C1(C)C. The Morgan fingerprint density at radius 2 is 0.795 bits per heavy atom. The molecule has 2 amide bonds. The molecule has 10 aliphatic rings. The summed E-state index contributed by atoms with van der Waals surface area (Å²) < 4.78 is 184. The van der Waals surface area contributed by atoms with E-state index in [0.717, 1.165) is 59.2 Å². The van der Waals surface area contributed by atoms with E-state index in [4.69, 9.17) is 4.99 Å². The lowest BCUT2D eigenvalue weighted by atomic mass is 9.65. The van der Waals surface area contributed by atoms with E-state index in [1.165, 1.54) is 39.8 Å². The van der Waals surface area contributed by atoms with E-state index in [-0.39, 0.29) is 27.1 Å². The van der Waals surface area contributed by atoms with E-state index >= 15 is 52.7 Å². The van der Waals surface area contributed by atoms with Crippen LogP contribution in [0.3, 0.4) is 0 Å². The predicted octanol–water partition coefficient (Wildman–Crippen LogP) is 16.8. The minimum absolute atomic E-state index is 0.00387. The fourth-order valence-electron chi connectivity index (χ4n) is 12.8. The number of aliphatic imine (C=N–C) groups is 3. The molecule has 0 bridgehead atoms. The number of carbonyl (C=O) groups excluding carboxylic acids is 2. The zero-order valence-corrected chi connectivity index (χ0v) is 49.8. The Morgan fingerprint density at radius 1 is 0.446 bits per heavy atom. The number of nitrogens with one attached hydrogen (secondary N) is 1. The molecule has 1 saturated heterocycles. The fraction of sp³-hybridized carbons (Fsp3) is 0.426. The molecule has 6 heterocycles. The Labute approximate surface area is 487 Å². The summed E-state index contributed by atoms with van der Waals surface area (Å²) in [5.41, 5.74) is -9.80. The van der Waals surface area contributed by atoms with Crippen LogP contribution in [0.5, 0.6) is 0 Å². The summed E-state index contributed by atoms with van der Waals surface area (Å²) in [5, 5.41) is 3.25. The van der Waals surface area contributed by atoms with E-state index in [1.54, 1.807) is 94.4 Å². The summed E-state index contributed by atoms with van der Waals surface area (Å²) in [6.45, 7) is 20.5. The second-order valence-electron chi connectivity index (χ2n) is 25.1. The smallest absolute Gasteiger partial charge is 0.346 e. The van der Waals surface area contributed by atoms with Crippen molar-refractivity contribution >= 4 is 86.1 Å². The van der Waals surface area contributed by atoms with Gasteiger partial charge in [-0.3, -0.25) is 9.59 Å². The van der Waals surface area contributed by atoms with Crippen molar-refractivity contribution in [2.24, 2.45) is 36.6 Å². The zero-order valence-electron chi connectivity index (χ0n) is 46.5. The van der Waals surface area contributed by atoms with Gasteiger partial charge in [0.05, 0.1) is 34.5 Å². The first kappa shape index (κ1) is 58.2. The second-order valence-corrected chi connectivity index (χ2v) is 30.9. The minimum Gasteiger partial charge on any atom is -0.346 e. The molecule has 6 aliphatic heterocycles. The van der Waals surface area contributed by atoms with E-state index in [0.29, 0.717) is 32.3 Å². The van der Waals surface area contributed by atoms with Gasteiger partial charge in [0, 0.05) is 59.5 Å². The van der Waals surface area contributed by atoms with Crippen molar-refractivity contribution in [3.8, 4) is 0 Å². The Bertz CT molecular complexity index is 3840. The molecule has 4 atom stereocenters. The number of rotatable bonds is 5. The molecule has 436 valence electrons. The normalized spacial score (nSPS) is 34.7. The number of thioether (sulfide) groups is 4. The lowest BCUT2D eigenvalue weighted by Gasteiger charge is -2.47. The molecule has 0 aromatic heterocycles. The van der Waals surface area contributed by atoms with Crippen molar-refractivity contribution in [1.29, 1.82) is 0 Å². The first-order chi connectivity index (χ1) is 38.0. The molecule has 1 N–H and O–H groups in total. The Hall–Kier alpha value is -5.19. The Balaban J connectivity index is 0.882. The van der Waals surface area contributed by atoms with Crippen LogP contribution in [0, 0.1) is 21.7 Å². The lowest BCUT2D eigenvalue weighted by Crippen LogP contribution is -2.49. The van der Waals surface area contributed by atoms with Crippen LogP contribution in [-0.4, -0.2) is 83.7 Å². The molecule has 4 unspecified atom stereocenters. The van der Waals surface area contributed by atoms with E-state index in [1.807, 2.05) is 27.7 Å². The molecule has 2 saturated carbocycles. The summed E-state index contributed by atoms with van der Waals surface area (Å²) in [5.74, 6) is -34.7. The maximum Gasteiger partial charge on any atom is 0.380 e. The van der Waals surface area contributed by atoms with Crippen LogP contribution in [0.15, 0.2) is 166 Å². The standard InChI is InChI=1S/C61H52F12N4O2S4/c1-48(2)38(74-46(50(48,5)6)76-44(78)36-25-32-42-40(56(62,63)60(70,71)58(42,66)67)30-23-34(28-19-15-13-16-20-28)80-52(30,9)54(32,11)82-36)27-39-49(3,4)51(7,8)47(75-39)77-45(79)37-26-33-43-41(57(64,65)61(72,73)59(43,68)69)31-24-35(29-21-17-14-18-22-29)81-53(31,10)55(33,12)83-37/h13-27H,1-12H3,(H,74,76,78)/b38-27-,77-47?. The zero-order chi connectivity index (χ0) is 60.8. The average Bonchev–Trinajstić information content (AvgIpc) is 1.51. The first-order valence-corrected chi connectivity index (χ1v) is 29.6. The molecular formula is C61H52F12N4O2S4. The van der Waals surface area contributed by atoms with Gasteiger partial charge >= 0.3 is 35.5 Å². The van der Waals surface area contributed by atoms with Crippen molar-refractivity contribution in [2.75, 3.05) is 0 Å². The third-order valence-corrected chi connectivity index (χ3v) is 26.5. The summed E-state index contributed by atoms with van der Waals surface area (Å²) in [4.78, 5) is 43.3. The molecule has 0 spiro atoms. The van der Waals surface area contributed by atoms with Crippen molar-refractivity contribution in [2.45, 2.75) is 138 Å². The van der Waals surface area contributed by atoms with Crippen LogP contribution in [0.2, 0.25) is 0 Å². The van der Waals surface area contributed by atoms with Crippen molar-refractivity contribution in [3.63, 3.8) is 0 Å². The number of allylic oxidation sites excluding steroid dienone is 10. The molecule has 2 aromatic carbocycles. The number of hydrogen-bond donors (Lipinski definition) is 1. The average molecular weight is 1230 g/mol. The number of amides is 2. The highest BCUT2D eigenvalue weighted by Crippen LogP contribution is 2.77. The first-order valence-electron chi connectivity index (χ1n) is 26.4. The third-order valence-electron chi connectivity index (χ3n) is 20.0. The monoisotopic (exact) mass is 1230 g/mol. The maximum absolute atomic E-state index is 16.1. The molecule has 0 radical (unpaired) electrons. The number of benzene rings is 2. The molecule has 22 heteroatoms. The van der Waals surface area contributed by atoms with Crippen LogP contribution in [0.1, 0.15) is 94.2 Å². The molecule has 4 aliphatic carbocycles. The lowest BCUT2D eigenvalue weighted by molar-refractivity contribution is -0.258. The van der Waals surface area contributed by atoms with Gasteiger partial charge in [-0.05, 0) is 91.5 Å². The summed E-state index contributed by atoms with van der Waals surface area (Å²) in [7, 11) is 0. The van der Waals surface area contributed by atoms with E-state index in [2.05, 4.69) is 15.3 Å². The largest absolute Gasteiger partial charge is 0.380 e. The molecule has 12 rings (SSSR count). The molecule has 3 fully saturated rings. The van der Waals surface area contributed by atoms with Crippen molar-refractivity contribution in [3.05, 3.63) is 162 Å². The summed E-state index contributed by atoms with van der Waals surface area (Å²) in [6.07, 6.45) is 6.19. The van der Waals surface area contributed by atoms with Gasteiger partial charge in [-0.15, -0.1) is 47.0 Å². The van der Waals surface area contributed by atoms with Crippen LogP contribution in [-0.2, 0) is 9.59 Å². The van der Waals surface area contributed by atoms with Gasteiger partial charge in [-0.1, -0.05) is 116 Å². The van der Waals surface area contributed by atoms with Gasteiger partial charge in [0.25, 0.3) is 11.8 Å². The van der Waals surface area contributed by atoms with Gasteiger partial charge in [-0.25, -0.2) is 4.99 Å². The molecule has 6 nitrogen and oxygen atoms in total. The number of amidine groups is 2. The highest BCUT2D eigenvalue weighted by molar-refractivity contribution is 8.13. The van der Waals surface area contributed by atoms with E-state index < -0.39 is 127 Å². The fourth-order valence-corrected chi connectivity index (χ4v) is 18.8. The quantitative estimate of drug-likeness (QED) is 0.299. The van der Waals surface area contributed by atoms with E-state index in [9.17, 15) is 9.59 Å². The van der Waals surface area contributed by atoms with Crippen LogP contribution in [0.4, 0.5) is 52.7 Å². The molecule has 83 heavy (non-hydrogen) atoms. The summed E-state index contributed by atoms with van der Waals surface area (Å²) >= 11 is 3.69. The summed E-state index contributed by atoms with van der Waals surface area (Å²) in [6, 6.07) is 16.9. The van der Waals surface area contributed by atoms with Gasteiger partial charge in [0.15, 0.2) is 0 Å². The van der Waals surface area contributed by atoms with Gasteiger partial charge in [-0.2, -0.15) is 62.7 Å². The number of fused-ring (bicyclic) bond motifs is 8. The number of nitrogens with zero attached hydrogens (tertiary/aromatic N) is 3. The number of carbonyl (C=O) groups is 2. The Morgan fingerprint density at radius 3 is 1.18 bits per heavy atom. The van der Waals surface area contributed by atoms with Crippen LogP contribution in [0.25, 0.3) is 9.81 Å². The topological polar surface area (TPSA) is 83.2 Å². The van der Waals surface area contributed by atoms with Crippen LogP contribution < -0.4 is 5.32 Å². The number of alkyl halides is 12. The van der Waals surface area contributed by atoms with Gasteiger partial charge < -0.3 is 5.32 Å². The highest BCUT2D eigenvalue weighted by Gasteiger charge is 2.86. The molecule has 2 aromatic rings. The Kier molecular flexibility index (Phi) is 11.8. The number of halogens is 12. The van der Waals surface area contributed by atoms with Crippen molar-refractivity contribution < 1.29 is 62.3 Å². The van der Waals surface area contributed by atoms with Gasteiger partial charge in [0.2, 0.25) is 0 Å². The second kappa shape index (κ2) is 16.9. The minimum atomic E-state index is -5.81.